The highest BCUT2D eigenvalue weighted by Gasteiger charge is 2.26. The zero-order valence-electron chi connectivity index (χ0n) is 17.8. The Morgan fingerprint density at radius 1 is 1.22 bits per heavy atom. The molecule has 2 aromatic carbocycles. The lowest BCUT2D eigenvalue weighted by molar-refractivity contribution is -0.135. The number of aromatic nitrogens is 1. The smallest absolute Gasteiger partial charge is 0.408 e. The Morgan fingerprint density at radius 3 is 2.72 bits per heavy atom. The number of nitrogens with zero attached hydrogens (tertiary/aromatic N) is 1. The quantitative estimate of drug-likeness (QED) is 0.519. The Hall–Kier alpha value is -3.43. The summed E-state index contributed by atoms with van der Waals surface area (Å²) in [7, 11) is 1.66. The molecule has 32 heavy (non-hydrogen) atoms. The number of amides is 2. The molecule has 0 spiro atoms. The first kappa shape index (κ1) is 21.8. The van der Waals surface area contributed by atoms with Crippen LogP contribution in [0.4, 0.5) is 0 Å². The van der Waals surface area contributed by atoms with Gasteiger partial charge in [-0.2, -0.15) is 0 Å². The van der Waals surface area contributed by atoms with E-state index in [1.165, 1.54) is 4.57 Å². The van der Waals surface area contributed by atoms with Crippen molar-refractivity contribution in [1.82, 2.24) is 15.2 Å². The van der Waals surface area contributed by atoms with Gasteiger partial charge in [0.05, 0.1) is 5.52 Å². The molecular formula is C23H26N4O5. The summed E-state index contributed by atoms with van der Waals surface area (Å²) in [5.41, 5.74) is 9.51. The van der Waals surface area contributed by atoms with Crippen LogP contribution >= 0.6 is 0 Å². The summed E-state index contributed by atoms with van der Waals surface area (Å²) < 4.78 is 12.2. The zero-order chi connectivity index (χ0) is 22.7. The van der Waals surface area contributed by atoms with Crippen molar-refractivity contribution in [3.05, 3.63) is 58.6 Å². The number of carbonyl (C=O) groups excluding carboxylic acids is 2. The van der Waals surface area contributed by atoms with Crippen LogP contribution in [0.3, 0.4) is 0 Å². The highest BCUT2D eigenvalue weighted by molar-refractivity contribution is 5.89. The zero-order valence-corrected chi connectivity index (χ0v) is 17.8. The molecule has 1 saturated heterocycles. The third-order valence-electron chi connectivity index (χ3n) is 5.62. The fourth-order valence-corrected chi connectivity index (χ4v) is 3.75. The number of ether oxygens (including phenoxy) is 1. The maximum atomic E-state index is 12.5. The second-order valence-corrected chi connectivity index (χ2v) is 7.89. The molecule has 9 nitrogen and oxygen atoms in total. The van der Waals surface area contributed by atoms with Gasteiger partial charge in [-0.3, -0.25) is 14.2 Å². The molecule has 1 aliphatic heterocycles. The number of oxazole rings is 1. The number of nitrogens with two attached hydrogens (primary N) is 1. The van der Waals surface area contributed by atoms with Gasteiger partial charge in [0.25, 0.3) is 5.91 Å². The van der Waals surface area contributed by atoms with Gasteiger partial charge < -0.3 is 25.5 Å². The second-order valence-electron chi connectivity index (χ2n) is 7.89. The normalized spacial score (nSPS) is 17.6. The van der Waals surface area contributed by atoms with Crippen LogP contribution in [0.5, 0.6) is 0 Å². The number of nitrogens with one attached hydrogen (secondary N) is 2. The maximum Gasteiger partial charge on any atom is 0.419 e. The van der Waals surface area contributed by atoms with Crippen LogP contribution in [0.25, 0.3) is 22.2 Å². The summed E-state index contributed by atoms with van der Waals surface area (Å²) in [6.07, 6.45) is 0.464. The molecule has 1 unspecified atom stereocenters. The lowest BCUT2D eigenvalue weighted by atomic mass is 10.00. The Balaban J connectivity index is 1.46. The molecule has 3 aromatic rings. The second kappa shape index (κ2) is 9.37. The first-order valence-corrected chi connectivity index (χ1v) is 10.5. The molecule has 0 radical (unpaired) electrons. The van der Waals surface area contributed by atoms with Gasteiger partial charge in [-0.1, -0.05) is 30.3 Å². The minimum absolute atomic E-state index is 0.275. The first-order chi connectivity index (χ1) is 15.4. The van der Waals surface area contributed by atoms with E-state index in [-0.39, 0.29) is 12.3 Å². The standard InChI is InChI=1S/C23H26N4O5/c1-27-18-12-16(7-8-19(18)32-23(27)30)15-5-3-14(4-6-15)11-17(21(24)28)26-22(29)20-13-25-9-2-10-31-20/h3-8,12,17,20,25H,2,9-11,13H2,1H3,(H2,24,28)(H,26,29)/t17-,20?/m0/s1. The molecule has 2 amide bonds. The van der Waals surface area contributed by atoms with Gasteiger partial charge >= 0.3 is 5.76 Å². The fourth-order valence-electron chi connectivity index (χ4n) is 3.75. The average molecular weight is 438 g/mol. The molecule has 1 aromatic heterocycles. The van der Waals surface area contributed by atoms with E-state index in [1.54, 1.807) is 13.1 Å². The van der Waals surface area contributed by atoms with E-state index in [1.807, 2.05) is 36.4 Å². The molecule has 1 aliphatic rings. The lowest BCUT2D eigenvalue weighted by Crippen LogP contribution is -2.51. The summed E-state index contributed by atoms with van der Waals surface area (Å²) in [6, 6.07) is 12.3. The first-order valence-electron chi connectivity index (χ1n) is 10.5. The van der Waals surface area contributed by atoms with E-state index in [9.17, 15) is 14.4 Å². The number of hydrogen-bond acceptors (Lipinski definition) is 6. The molecule has 168 valence electrons. The predicted molar refractivity (Wildman–Crippen MR) is 119 cm³/mol. The Morgan fingerprint density at radius 2 is 1.97 bits per heavy atom. The van der Waals surface area contributed by atoms with Crippen LogP contribution in [-0.2, 0) is 27.8 Å². The van der Waals surface area contributed by atoms with Crippen molar-refractivity contribution in [3.63, 3.8) is 0 Å². The van der Waals surface area contributed by atoms with Crippen molar-refractivity contribution in [2.45, 2.75) is 25.0 Å². The third kappa shape index (κ3) is 4.74. The summed E-state index contributed by atoms with van der Waals surface area (Å²) in [4.78, 5) is 36.2. The van der Waals surface area contributed by atoms with Crippen LogP contribution < -0.4 is 22.1 Å². The van der Waals surface area contributed by atoms with Crippen LogP contribution in [0.15, 0.2) is 51.7 Å². The van der Waals surface area contributed by atoms with Gasteiger partial charge in [-0.05, 0) is 41.8 Å². The van der Waals surface area contributed by atoms with Crippen LogP contribution in [0.2, 0.25) is 0 Å². The minimum Gasteiger partial charge on any atom is -0.408 e. The SMILES string of the molecule is Cn1c(=O)oc2ccc(-c3ccc(C[C@H](NC(=O)C4CNCCCO4)C(N)=O)cc3)cc21. The summed E-state index contributed by atoms with van der Waals surface area (Å²) in [5.74, 6) is -1.36. The van der Waals surface area contributed by atoms with Crippen molar-refractivity contribution in [2.24, 2.45) is 12.8 Å². The van der Waals surface area contributed by atoms with Gasteiger partial charge in [-0.25, -0.2) is 4.79 Å². The third-order valence-corrected chi connectivity index (χ3v) is 5.62. The number of aryl methyl sites for hydroxylation is 1. The van der Waals surface area contributed by atoms with Crippen molar-refractivity contribution in [1.29, 1.82) is 0 Å². The van der Waals surface area contributed by atoms with Gasteiger partial charge in [0.15, 0.2) is 5.58 Å². The predicted octanol–water partition coefficient (Wildman–Crippen LogP) is 0.690. The molecule has 2 atom stereocenters. The van der Waals surface area contributed by atoms with Crippen molar-refractivity contribution in [3.8, 4) is 11.1 Å². The number of rotatable bonds is 6. The summed E-state index contributed by atoms with van der Waals surface area (Å²) in [5, 5.41) is 5.86. The molecule has 4 rings (SSSR count). The number of carbonyl (C=O) groups is 2. The van der Waals surface area contributed by atoms with Gasteiger partial charge in [0, 0.05) is 26.6 Å². The van der Waals surface area contributed by atoms with Crippen molar-refractivity contribution >= 4 is 22.9 Å². The highest BCUT2D eigenvalue weighted by Crippen LogP contribution is 2.24. The molecule has 9 heteroatoms. The Bertz CT molecular complexity index is 1170. The van der Waals surface area contributed by atoms with E-state index in [2.05, 4.69) is 10.6 Å². The highest BCUT2D eigenvalue weighted by atomic mass is 16.5. The number of hydrogen-bond donors (Lipinski definition) is 3. The van der Waals surface area contributed by atoms with Gasteiger partial charge in [0.1, 0.15) is 12.1 Å². The van der Waals surface area contributed by atoms with E-state index in [0.29, 0.717) is 24.3 Å². The van der Waals surface area contributed by atoms with Crippen LogP contribution in [-0.4, -0.2) is 48.2 Å². The number of primary amides is 1. The molecule has 1 fully saturated rings. The lowest BCUT2D eigenvalue weighted by Gasteiger charge is -2.20. The van der Waals surface area contributed by atoms with Gasteiger partial charge in [0.2, 0.25) is 5.91 Å². The van der Waals surface area contributed by atoms with Crippen LogP contribution in [0, 0.1) is 0 Å². The Labute approximate surface area is 184 Å². The molecule has 2 heterocycles. The van der Waals surface area contributed by atoms with E-state index >= 15 is 0 Å². The maximum absolute atomic E-state index is 12.5. The van der Waals surface area contributed by atoms with Gasteiger partial charge in [-0.15, -0.1) is 0 Å². The van der Waals surface area contributed by atoms with E-state index in [4.69, 9.17) is 14.9 Å². The largest absolute Gasteiger partial charge is 0.419 e. The molecule has 0 saturated carbocycles. The number of benzene rings is 2. The van der Waals surface area contributed by atoms with E-state index in [0.717, 1.165) is 29.7 Å². The monoisotopic (exact) mass is 438 g/mol. The fraction of sp³-hybridized carbons (Fsp3) is 0.348. The average Bonchev–Trinajstić information content (AvgIpc) is 2.96. The number of fused-ring (bicyclic) bond motifs is 1. The van der Waals surface area contributed by atoms with E-state index < -0.39 is 23.8 Å². The molecular weight excluding hydrogens is 412 g/mol. The Kier molecular flexibility index (Phi) is 6.38. The van der Waals surface area contributed by atoms with Crippen molar-refractivity contribution in [2.75, 3.05) is 19.7 Å². The van der Waals surface area contributed by atoms with Crippen molar-refractivity contribution < 1.29 is 18.7 Å². The molecule has 0 aliphatic carbocycles. The minimum atomic E-state index is -0.836. The summed E-state index contributed by atoms with van der Waals surface area (Å²) >= 11 is 0. The van der Waals surface area contributed by atoms with Crippen LogP contribution in [0.1, 0.15) is 12.0 Å². The summed E-state index contributed by atoms with van der Waals surface area (Å²) in [6.45, 7) is 1.68. The molecule has 4 N–H and O–H groups in total. The molecule has 0 bridgehead atoms. The topological polar surface area (TPSA) is 129 Å².